The first kappa shape index (κ1) is 16.1. The van der Waals surface area contributed by atoms with Gasteiger partial charge >= 0.3 is 0 Å². The molecule has 2 saturated heterocycles. The molecule has 0 spiro atoms. The molecule has 0 aromatic carbocycles. The van der Waals surface area contributed by atoms with Crippen molar-refractivity contribution in [3.8, 4) is 0 Å². The van der Waals surface area contributed by atoms with Crippen LogP contribution >= 0.6 is 11.3 Å². The summed E-state index contributed by atoms with van der Waals surface area (Å²) in [6.07, 6.45) is 7.64. The summed E-state index contributed by atoms with van der Waals surface area (Å²) in [5.74, 6) is 1.26. The van der Waals surface area contributed by atoms with Crippen LogP contribution in [0.4, 0.5) is 0 Å². The third-order valence-corrected chi connectivity index (χ3v) is 6.62. The number of rotatable bonds is 3. The molecule has 2 aliphatic heterocycles. The monoisotopic (exact) mass is 346 g/mol. The Labute approximate surface area is 147 Å². The summed E-state index contributed by atoms with van der Waals surface area (Å²) in [5.41, 5.74) is 1.26. The fourth-order valence-corrected chi connectivity index (χ4v) is 5.01. The molecule has 3 heterocycles. The number of thiophene rings is 1. The number of amides is 2. The van der Waals surface area contributed by atoms with E-state index in [1.807, 2.05) is 10.3 Å². The van der Waals surface area contributed by atoms with Crippen molar-refractivity contribution in [3.05, 3.63) is 21.9 Å². The SMILES string of the molecule is O=C(c1sccc1C1CC1)N1CCC(C(=O)N2CCCCC2)CC1. The maximum Gasteiger partial charge on any atom is 0.264 e. The molecule has 0 unspecified atom stereocenters. The molecule has 4 nitrogen and oxygen atoms in total. The summed E-state index contributed by atoms with van der Waals surface area (Å²) in [7, 11) is 0. The predicted molar refractivity (Wildman–Crippen MR) is 95.4 cm³/mol. The maximum absolute atomic E-state index is 12.8. The molecular formula is C19H26N2O2S. The van der Waals surface area contributed by atoms with Gasteiger partial charge in [0.2, 0.25) is 5.91 Å². The Hall–Kier alpha value is -1.36. The summed E-state index contributed by atoms with van der Waals surface area (Å²) >= 11 is 1.58. The van der Waals surface area contributed by atoms with E-state index in [1.54, 1.807) is 11.3 Å². The molecule has 0 atom stereocenters. The van der Waals surface area contributed by atoms with Crippen LogP contribution in [0.15, 0.2) is 11.4 Å². The summed E-state index contributed by atoms with van der Waals surface area (Å²) < 4.78 is 0. The van der Waals surface area contributed by atoms with Gasteiger partial charge in [-0.2, -0.15) is 0 Å². The van der Waals surface area contributed by atoms with Gasteiger partial charge in [0, 0.05) is 32.1 Å². The Morgan fingerprint density at radius 1 is 0.917 bits per heavy atom. The van der Waals surface area contributed by atoms with Crippen LogP contribution in [0, 0.1) is 5.92 Å². The minimum absolute atomic E-state index is 0.124. The summed E-state index contributed by atoms with van der Waals surface area (Å²) in [6, 6.07) is 2.13. The zero-order chi connectivity index (χ0) is 16.5. The molecule has 1 aromatic heterocycles. The lowest BCUT2D eigenvalue weighted by Crippen LogP contribution is -2.45. The second kappa shape index (κ2) is 6.87. The third kappa shape index (κ3) is 3.23. The van der Waals surface area contributed by atoms with Crippen molar-refractivity contribution in [1.82, 2.24) is 9.80 Å². The van der Waals surface area contributed by atoms with Crippen LogP contribution in [0.1, 0.15) is 66.1 Å². The highest BCUT2D eigenvalue weighted by atomic mass is 32.1. The minimum Gasteiger partial charge on any atom is -0.342 e. The molecule has 3 fully saturated rings. The van der Waals surface area contributed by atoms with Crippen molar-refractivity contribution in [2.45, 2.75) is 50.9 Å². The van der Waals surface area contributed by atoms with E-state index in [0.717, 1.165) is 56.7 Å². The van der Waals surface area contributed by atoms with Gasteiger partial charge in [-0.3, -0.25) is 9.59 Å². The number of nitrogens with zero attached hydrogens (tertiary/aromatic N) is 2. The standard InChI is InChI=1S/C19H26N2O2S/c22-18(20-9-2-1-3-10-20)15-6-11-21(12-7-15)19(23)17-16(8-13-24-17)14-4-5-14/h8,13-15H,1-7,9-12H2. The maximum atomic E-state index is 12.8. The zero-order valence-electron chi connectivity index (χ0n) is 14.2. The van der Waals surface area contributed by atoms with E-state index in [-0.39, 0.29) is 11.8 Å². The summed E-state index contributed by atoms with van der Waals surface area (Å²) in [5, 5.41) is 2.05. The molecule has 2 amide bonds. The van der Waals surface area contributed by atoms with Crippen LogP contribution < -0.4 is 0 Å². The van der Waals surface area contributed by atoms with Gasteiger partial charge in [-0.05, 0) is 67.9 Å². The lowest BCUT2D eigenvalue weighted by atomic mass is 9.94. The van der Waals surface area contributed by atoms with E-state index in [0.29, 0.717) is 11.8 Å². The van der Waals surface area contributed by atoms with Gasteiger partial charge in [-0.1, -0.05) is 0 Å². The van der Waals surface area contributed by atoms with Crippen molar-refractivity contribution in [3.63, 3.8) is 0 Å². The van der Waals surface area contributed by atoms with Crippen molar-refractivity contribution in [1.29, 1.82) is 0 Å². The fourth-order valence-electron chi connectivity index (χ4n) is 4.05. The van der Waals surface area contributed by atoms with Crippen LogP contribution in [0.2, 0.25) is 0 Å². The van der Waals surface area contributed by atoms with E-state index >= 15 is 0 Å². The van der Waals surface area contributed by atoms with Gasteiger partial charge in [0.1, 0.15) is 0 Å². The second-order valence-corrected chi connectivity index (χ2v) is 8.35. The highest BCUT2D eigenvalue weighted by Gasteiger charge is 2.34. The molecule has 24 heavy (non-hydrogen) atoms. The Morgan fingerprint density at radius 3 is 2.29 bits per heavy atom. The first-order chi connectivity index (χ1) is 11.7. The molecule has 3 aliphatic rings. The lowest BCUT2D eigenvalue weighted by Gasteiger charge is -2.35. The van der Waals surface area contributed by atoms with Crippen molar-refractivity contribution >= 4 is 23.2 Å². The Bertz CT molecular complexity index is 609. The number of carbonyl (C=O) groups excluding carboxylic acids is 2. The van der Waals surface area contributed by atoms with E-state index in [2.05, 4.69) is 11.0 Å². The summed E-state index contributed by atoms with van der Waals surface area (Å²) in [4.78, 5) is 30.4. The number of carbonyl (C=O) groups is 2. The fraction of sp³-hybridized carbons (Fsp3) is 0.684. The van der Waals surface area contributed by atoms with Gasteiger partial charge in [0.25, 0.3) is 5.91 Å². The molecule has 0 radical (unpaired) electrons. The van der Waals surface area contributed by atoms with E-state index < -0.39 is 0 Å². The lowest BCUT2D eigenvalue weighted by molar-refractivity contribution is -0.137. The van der Waals surface area contributed by atoms with Crippen LogP contribution in [0.5, 0.6) is 0 Å². The third-order valence-electron chi connectivity index (χ3n) is 5.71. The van der Waals surface area contributed by atoms with Crippen LogP contribution in [-0.2, 0) is 4.79 Å². The Balaban J connectivity index is 1.34. The topological polar surface area (TPSA) is 40.6 Å². The quantitative estimate of drug-likeness (QED) is 0.840. The molecule has 0 N–H and O–H groups in total. The minimum atomic E-state index is 0.124. The van der Waals surface area contributed by atoms with Gasteiger partial charge in [-0.15, -0.1) is 11.3 Å². The summed E-state index contributed by atoms with van der Waals surface area (Å²) in [6.45, 7) is 3.31. The molecular weight excluding hydrogens is 320 g/mol. The first-order valence-corrected chi connectivity index (χ1v) is 10.3. The van der Waals surface area contributed by atoms with Crippen molar-refractivity contribution in [2.24, 2.45) is 5.92 Å². The van der Waals surface area contributed by atoms with E-state index in [4.69, 9.17) is 0 Å². The van der Waals surface area contributed by atoms with Crippen molar-refractivity contribution in [2.75, 3.05) is 26.2 Å². The number of piperidine rings is 2. The molecule has 1 aliphatic carbocycles. The Morgan fingerprint density at radius 2 is 1.62 bits per heavy atom. The van der Waals surface area contributed by atoms with Gasteiger partial charge in [0.05, 0.1) is 4.88 Å². The second-order valence-electron chi connectivity index (χ2n) is 7.43. The molecule has 4 rings (SSSR count). The predicted octanol–water partition coefficient (Wildman–Crippen LogP) is 3.49. The first-order valence-electron chi connectivity index (χ1n) is 9.39. The normalized spacial score (nSPS) is 22.7. The van der Waals surface area contributed by atoms with Crippen LogP contribution in [0.3, 0.4) is 0 Å². The smallest absolute Gasteiger partial charge is 0.264 e. The number of likely N-dealkylation sites (tertiary alicyclic amines) is 2. The molecule has 5 heteroatoms. The van der Waals surface area contributed by atoms with Crippen molar-refractivity contribution < 1.29 is 9.59 Å². The molecule has 1 aromatic rings. The van der Waals surface area contributed by atoms with Gasteiger partial charge in [0.15, 0.2) is 0 Å². The number of hydrogen-bond acceptors (Lipinski definition) is 3. The highest BCUT2D eigenvalue weighted by Crippen LogP contribution is 2.43. The Kier molecular flexibility index (Phi) is 4.61. The molecule has 0 bridgehead atoms. The number of hydrogen-bond donors (Lipinski definition) is 0. The van der Waals surface area contributed by atoms with E-state index in [1.165, 1.54) is 24.8 Å². The average Bonchev–Trinajstić information content (AvgIpc) is 3.38. The van der Waals surface area contributed by atoms with Gasteiger partial charge < -0.3 is 9.80 Å². The zero-order valence-corrected chi connectivity index (χ0v) is 15.0. The van der Waals surface area contributed by atoms with E-state index in [9.17, 15) is 9.59 Å². The average molecular weight is 346 g/mol. The molecule has 1 saturated carbocycles. The van der Waals surface area contributed by atoms with Gasteiger partial charge in [-0.25, -0.2) is 0 Å². The van der Waals surface area contributed by atoms with Crippen LogP contribution in [-0.4, -0.2) is 47.8 Å². The van der Waals surface area contributed by atoms with Crippen LogP contribution in [0.25, 0.3) is 0 Å². The molecule has 130 valence electrons. The highest BCUT2D eigenvalue weighted by molar-refractivity contribution is 7.12. The largest absolute Gasteiger partial charge is 0.342 e.